The van der Waals surface area contributed by atoms with E-state index in [1.54, 1.807) is 6.07 Å². The maximum absolute atomic E-state index is 14.4. The number of imide groups is 1. The minimum Gasteiger partial charge on any atom is -0.272 e. The standard InChI is InChI=1S/C32H22N4O7/c37-30(18-9-7-10-20(16-18)35(40)41)33(17-19-8-1-6-15-25(19)36(42)43)34-31(38)28-26-21-11-2-3-12-22(21)27(29(28)32(34)39)24-14-5-4-13-23(24)26/h1-16,26-29H,17H2/t26?,27?,28-,29-/m1/s1. The van der Waals surface area contributed by atoms with Crippen LogP contribution in [0.3, 0.4) is 0 Å². The number of hydrogen-bond donors (Lipinski definition) is 0. The molecule has 2 bridgehead atoms. The highest BCUT2D eigenvalue weighted by molar-refractivity contribution is 6.10. The summed E-state index contributed by atoms with van der Waals surface area (Å²) in [4.78, 5) is 64.9. The van der Waals surface area contributed by atoms with Crippen LogP contribution < -0.4 is 0 Å². The van der Waals surface area contributed by atoms with E-state index >= 15 is 0 Å². The van der Waals surface area contributed by atoms with E-state index < -0.39 is 57.8 Å². The van der Waals surface area contributed by atoms with Gasteiger partial charge in [0.2, 0.25) is 0 Å². The topological polar surface area (TPSA) is 144 Å². The van der Waals surface area contributed by atoms with Gasteiger partial charge in [0.05, 0.1) is 33.8 Å². The number of benzene rings is 4. The van der Waals surface area contributed by atoms with Gasteiger partial charge in [-0.05, 0) is 28.3 Å². The first-order valence-electron chi connectivity index (χ1n) is 13.6. The van der Waals surface area contributed by atoms with Crippen LogP contribution >= 0.6 is 0 Å². The van der Waals surface area contributed by atoms with E-state index in [4.69, 9.17) is 0 Å². The number of carbonyl (C=O) groups is 3. The molecule has 0 saturated carbocycles. The summed E-state index contributed by atoms with van der Waals surface area (Å²) in [5.41, 5.74) is 3.10. The number of non-ortho nitro benzene ring substituents is 1. The van der Waals surface area contributed by atoms with Gasteiger partial charge in [-0.2, -0.15) is 5.01 Å². The summed E-state index contributed by atoms with van der Waals surface area (Å²) in [5.74, 6) is -4.50. The Hall–Kier alpha value is -5.71. The van der Waals surface area contributed by atoms with Gasteiger partial charge in [-0.25, -0.2) is 5.01 Å². The molecule has 43 heavy (non-hydrogen) atoms. The smallest absolute Gasteiger partial charge is 0.272 e. The van der Waals surface area contributed by atoms with E-state index in [1.165, 1.54) is 36.4 Å². The van der Waals surface area contributed by atoms with Gasteiger partial charge in [0.1, 0.15) is 0 Å². The largest absolute Gasteiger partial charge is 0.274 e. The maximum Gasteiger partial charge on any atom is 0.274 e. The van der Waals surface area contributed by atoms with Crippen LogP contribution in [0, 0.1) is 32.1 Å². The number of hydrogen-bond acceptors (Lipinski definition) is 7. The SMILES string of the molecule is O=C(c1cccc([N+](=O)[O-])c1)N(Cc1ccccc1[N+](=O)[O-])N1C(=O)[C@@H]2C3c4ccccc4C(c4ccccc43)[C@H]2C1=O. The molecule has 0 unspecified atom stereocenters. The summed E-state index contributed by atoms with van der Waals surface area (Å²) in [6.45, 7) is -0.481. The van der Waals surface area contributed by atoms with Crippen molar-refractivity contribution in [1.82, 2.24) is 10.0 Å². The molecule has 11 heteroatoms. The van der Waals surface area contributed by atoms with Gasteiger partial charge in [0, 0.05) is 35.6 Å². The summed E-state index contributed by atoms with van der Waals surface area (Å²) >= 11 is 0. The van der Waals surface area contributed by atoms with E-state index in [9.17, 15) is 34.6 Å². The van der Waals surface area contributed by atoms with Crippen molar-refractivity contribution in [2.75, 3.05) is 0 Å². The molecule has 11 nitrogen and oxygen atoms in total. The van der Waals surface area contributed by atoms with E-state index in [1.807, 2.05) is 48.5 Å². The molecule has 4 aromatic carbocycles. The van der Waals surface area contributed by atoms with Gasteiger partial charge in [-0.1, -0.05) is 72.8 Å². The highest BCUT2D eigenvalue weighted by Gasteiger charge is 2.63. The fourth-order valence-corrected chi connectivity index (χ4v) is 7.02. The molecule has 0 aromatic heterocycles. The summed E-state index contributed by atoms with van der Waals surface area (Å²) in [6, 6.07) is 26.1. The normalized spacial score (nSPS) is 21.2. The first kappa shape index (κ1) is 26.2. The number of carbonyl (C=O) groups excluding carboxylic acids is 3. The Labute approximate surface area is 244 Å². The van der Waals surface area contributed by atoms with Crippen molar-refractivity contribution in [2.45, 2.75) is 18.4 Å². The molecule has 4 aliphatic rings. The zero-order valence-corrected chi connectivity index (χ0v) is 22.4. The van der Waals surface area contributed by atoms with Gasteiger partial charge in [-0.3, -0.25) is 34.6 Å². The third kappa shape index (κ3) is 3.85. The predicted octanol–water partition coefficient (Wildman–Crippen LogP) is 4.95. The third-order valence-corrected chi connectivity index (χ3v) is 8.71. The molecular formula is C32H22N4O7. The molecule has 0 radical (unpaired) electrons. The van der Waals surface area contributed by atoms with Crippen LogP contribution in [-0.2, 0) is 16.1 Å². The zero-order valence-electron chi connectivity index (χ0n) is 22.4. The number of rotatable bonds is 6. The highest BCUT2D eigenvalue weighted by atomic mass is 16.6. The van der Waals surface area contributed by atoms with Crippen LogP contribution in [0.25, 0.3) is 0 Å². The molecule has 3 aliphatic carbocycles. The molecule has 0 spiro atoms. The second-order valence-electron chi connectivity index (χ2n) is 10.8. The second-order valence-corrected chi connectivity index (χ2v) is 10.8. The third-order valence-electron chi connectivity index (χ3n) is 8.71. The first-order valence-corrected chi connectivity index (χ1v) is 13.6. The van der Waals surface area contributed by atoms with Crippen LogP contribution in [-0.4, -0.2) is 37.6 Å². The van der Waals surface area contributed by atoms with E-state index in [0.717, 1.165) is 38.3 Å². The van der Waals surface area contributed by atoms with E-state index in [2.05, 4.69) is 0 Å². The Kier molecular flexibility index (Phi) is 5.91. The number of nitro benzene ring substituents is 2. The minimum absolute atomic E-state index is 0.0938. The average molecular weight is 575 g/mol. The lowest BCUT2D eigenvalue weighted by Gasteiger charge is -2.45. The van der Waals surface area contributed by atoms with Crippen molar-refractivity contribution in [3.05, 3.63) is 151 Å². The van der Waals surface area contributed by atoms with Crippen molar-refractivity contribution in [1.29, 1.82) is 0 Å². The lowest BCUT2D eigenvalue weighted by molar-refractivity contribution is -0.385. The van der Waals surface area contributed by atoms with Crippen molar-refractivity contribution < 1.29 is 24.2 Å². The Morgan fingerprint density at radius 3 is 1.72 bits per heavy atom. The fraction of sp³-hybridized carbons (Fsp3) is 0.156. The predicted molar refractivity (Wildman–Crippen MR) is 151 cm³/mol. The van der Waals surface area contributed by atoms with Crippen molar-refractivity contribution in [3.8, 4) is 0 Å². The average Bonchev–Trinajstić information content (AvgIpc) is 3.29. The Morgan fingerprint density at radius 2 is 1.21 bits per heavy atom. The van der Waals surface area contributed by atoms with Gasteiger partial charge >= 0.3 is 0 Å². The molecular weight excluding hydrogens is 552 g/mol. The summed E-state index contributed by atoms with van der Waals surface area (Å²) in [5, 5.41) is 25.0. The number of hydrazine groups is 1. The molecule has 8 rings (SSSR count). The molecule has 212 valence electrons. The summed E-state index contributed by atoms with van der Waals surface area (Å²) in [6.07, 6.45) is 0. The van der Waals surface area contributed by atoms with Crippen LogP contribution in [0.1, 0.15) is 50.0 Å². The maximum atomic E-state index is 14.4. The molecule has 0 N–H and O–H groups in total. The summed E-state index contributed by atoms with van der Waals surface area (Å²) < 4.78 is 0. The van der Waals surface area contributed by atoms with Crippen LogP contribution in [0.4, 0.5) is 11.4 Å². The molecule has 1 heterocycles. The number of amides is 3. The van der Waals surface area contributed by atoms with E-state index in [-0.39, 0.29) is 22.5 Å². The second kappa shape index (κ2) is 9.69. The zero-order chi connectivity index (χ0) is 30.0. The number of para-hydroxylation sites is 1. The minimum atomic E-state index is -0.871. The molecule has 1 saturated heterocycles. The Balaban J connectivity index is 1.37. The summed E-state index contributed by atoms with van der Waals surface area (Å²) in [7, 11) is 0. The highest BCUT2D eigenvalue weighted by Crippen LogP contribution is 2.61. The molecule has 2 atom stereocenters. The van der Waals surface area contributed by atoms with Crippen molar-refractivity contribution in [2.24, 2.45) is 11.8 Å². The Morgan fingerprint density at radius 1 is 0.698 bits per heavy atom. The molecule has 3 amide bonds. The number of nitro groups is 2. The molecule has 1 fully saturated rings. The van der Waals surface area contributed by atoms with E-state index in [0.29, 0.717) is 0 Å². The van der Waals surface area contributed by atoms with Gasteiger partial charge in [-0.15, -0.1) is 0 Å². The van der Waals surface area contributed by atoms with Crippen LogP contribution in [0.2, 0.25) is 0 Å². The monoisotopic (exact) mass is 574 g/mol. The lowest BCUT2D eigenvalue weighted by Crippen LogP contribution is -2.50. The van der Waals surface area contributed by atoms with Gasteiger partial charge in [0.15, 0.2) is 0 Å². The molecule has 4 aromatic rings. The lowest BCUT2D eigenvalue weighted by atomic mass is 9.55. The Bertz CT molecular complexity index is 1770. The quantitative estimate of drug-likeness (QED) is 0.180. The number of nitrogens with zero attached hydrogens (tertiary/aromatic N) is 4. The first-order chi connectivity index (χ1) is 20.8. The van der Waals surface area contributed by atoms with Crippen LogP contribution in [0.5, 0.6) is 0 Å². The fourth-order valence-electron chi connectivity index (χ4n) is 7.02. The molecule has 1 aliphatic heterocycles. The van der Waals surface area contributed by atoms with Gasteiger partial charge < -0.3 is 0 Å². The van der Waals surface area contributed by atoms with Crippen molar-refractivity contribution >= 4 is 29.1 Å². The van der Waals surface area contributed by atoms with Crippen LogP contribution in [0.15, 0.2) is 97.1 Å². The van der Waals surface area contributed by atoms with Gasteiger partial charge in [0.25, 0.3) is 29.1 Å². The van der Waals surface area contributed by atoms with Crippen molar-refractivity contribution in [3.63, 3.8) is 0 Å².